The molecule has 0 radical (unpaired) electrons. The Balaban J connectivity index is 1.53. The van der Waals surface area contributed by atoms with Crippen LogP contribution in [0.2, 0.25) is 0 Å². The lowest BCUT2D eigenvalue weighted by Gasteiger charge is -2.26. The van der Waals surface area contributed by atoms with Crippen LogP contribution in [0.4, 0.5) is 11.4 Å². The van der Waals surface area contributed by atoms with Gasteiger partial charge in [0.1, 0.15) is 0 Å². The molecule has 0 atom stereocenters. The third-order valence-electron chi connectivity index (χ3n) is 5.40. The number of sulfonamides is 1. The van der Waals surface area contributed by atoms with Crippen molar-refractivity contribution in [3.63, 3.8) is 0 Å². The van der Waals surface area contributed by atoms with Crippen molar-refractivity contribution in [2.45, 2.75) is 37.5 Å². The summed E-state index contributed by atoms with van der Waals surface area (Å²) in [6.07, 6.45) is 4.55. The summed E-state index contributed by atoms with van der Waals surface area (Å²) in [5.74, 6) is 0.244. The van der Waals surface area contributed by atoms with Crippen LogP contribution in [0.15, 0.2) is 41.8 Å². The quantitative estimate of drug-likeness (QED) is 0.865. The van der Waals surface area contributed by atoms with E-state index in [-0.39, 0.29) is 11.7 Å². The fourth-order valence-corrected chi connectivity index (χ4v) is 6.55. The molecule has 26 heavy (non-hydrogen) atoms. The van der Waals surface area contributed by atoms with Gasteiger partial charge in [0.2, 0.25) is 15.9 Å². The molecule has 1 aliphatic heterocycles. The molecule has 2 heterocycles. The van der Waals surface area contributed by atoms with Crippen LogP contribution in [0.5, 0.6) is 0 Å². The van der Waals surface area contributed by atoms with Crippen LogP contribution >= 0.6 is 11.3 Å². The van der Waals surface area contributed by atoms with Crippen molar-refractivity contribution in [2.24, 2.45) is 0 Å². The average Bonchev–Trinajstić information content (AvgIpc) is 3.36. The van der Waals surface area contributed by atoms with E-state index in [0.29, 0.717) is 24.3 Å². The third-order valence-corrected chi connectivity index (χ3v) is 8.34. The maximum atomic E-state index is 13.1. The van der Waals surface area contributed by atoms with Gasteiger partial charge in [0.15, 0.2) is 0 Å². The summed E-state index contributed by atoms with van der Waals surface area (Å²) in [7, 11) is -3.18. The Morgan fingerprint density at radius 2 is 1.81 bits per heavy atom. The number of thiophene rings is 1. The van der Waals surface area contributed by atoms with Crippen LogP contribution in [0.3, 0.4) is 0 Å². The highest BCUT2D eigenvalue weighted by molar-refractivity contribution is 7.93. The van der Waals surface area contributed by atoms with Gasteiger partial charge < -0.3 is 5.32 Å². The Bertz CT molecular complexity index is 883. The van der Waals surface area contributed by atoms with E-state index in [4.69, 9.17) is 0 Å². The molecule has 1 N–H and O–H groups in total. The molecule has 2 aromatic rings. The molecule has 0 spiro atoms. The summed E-state index contributed by atoms with van der Waals surface area (Å²) in [5.41, 5.74) is 0.943. The van der Waals surface area contributed by atoms with Crippen LogP contribution in [0, 0.1) is 0 Å². The predicted molar refractivity (Wildman–Crippen MR) is 105 cm³/mol. The number of rotatable bonds is 4. The second kappa shape index (κ2) is 6.70. The normalized spacial score (nSPS) is 21.0. The summed E-state index contributed by atoms with van der Waals surface area (Å²) in [4.78, 5) is 14.2. The summed E-state index contributed by atoms with van der Waals surface area (Å²) in [6, 6.07) is 11.2. The number of anilines is 2. The van der Waals surface area contributed by atoms with E-state index in [1.807, 2.05) is 11.4 Å². The van der Waals surface area contributed by atoms with Crippen LogP contribution in [-0.4, -0.2) is 26.6 Å². The largest absolute Gasteiger partial charge is 0.325 e. The van der Waals surface area contributed by atoms with Gasteiger partial charge in [0.05, 0.1) is 16.9 Å². The summed E-state index contributed by atoms with van der Waals surface area (Å²) in [5, 5.41) is 5.07. The van der Waals surface area contributed by atoms with Crippen LogP contribution in [-0.2, 0) is 20.2 Å². The number of benzene rings is 1. The number of carbonyl (C=O) groups excluding carboxylic acids is 1. The molecule has 1 aliphatic carbocycles. The van der Waals surface area contributed by atoms with E-state index in [2.05, 4.69) is 11.4 Å². The van der Waals surface area contributed by atoms with Crippen LogP contribution in [0.1, 0.15) is 37.0 Å². The maximum Gasteiger partial charge on any atom is 0.235 e. The molecule has 2 aliphatic rings. The minimum atomic E-state index is -3.18. The van der Waals surface area contributed by atoms with Gasteiger partial charge in [0.25, 0.3) is 0 Å². The molecule has 1 aromatic heterocycles. The fourth-order valence-electron chi connectivity index (χ4n) is 4.01. The van der Waals surface area contributed by atoms with Crippen molar-refractivity contribution in [2.75, 3.05) is 21.9 Å². The highest BCUT2D eigenvalue weighted by Crippen LogP contribution is 2.44. The van der Waals surface area contributed by atoms with Crippen LogP contribution in [0.25, 0.3) is 0 Å². The van der Waals surface area contributed by atoms with Gasteiger partial charge in [-0.3, -0.25) is 9.10 Å². The standard InChI is InChI=1S/C19H22N2O3S2/c22-18(19(10-1-2-11-19)17-5-3-13-25-17)20-15-6-8-16(9-7-15)21-12-4-14-26(21,23)24/h3,5-9,13H,1-2,4,10-12,14H2,(H,20,22). The number of hydrogen-bond donors (Lipinski definition) is 1. The van der Waals surface area contributed by atoms with E-state index >= 15 is 0 Å². The average molecular weight is 391 g/mol. The summed E-state index contributed by atoms with van der Waals surface area (Å²) >= 11 is 1.64. The molecule has 138 valence electrons. The van der Waals surface area contributed by atoms with Gasteiger partial charge in [-0.05, 0) is 55.0 Å². The highest BCUT2D eigenvalue weighted by atomic mass is 32.2. The molecule has 0 unspecified atom stereocenters. The van der Waals surface area contributed by atoms with Crippen LogP contribution < -0.4 is 9.62 Å². The van der Waals surface area contributed by atoms with Gasteiger partial charge in [-0.15, -0.1) is 11.3 Å². The molecule has 1 aromatic carbocycles. The lowest BCUT2D eigenvalue weighted by molar-refractivity contribution is -0.121. The SMILES string of the molecule is O=C(Nc1ccc(N2CCCS2(=O)=O)cc1)C1(c2cccs2)CCCC1. The van der Waals surface area contributed by atoms with Crippen molar-refractivity contribution in [3.05, 3.63) is 46.7 Å². The highest BCUT2D eigenvalue weighted by Gasteiger charge is 2.43. The molecule has 5 nitrogen and oxygen atoms in total. The number of hydrogen-bond acceptors (Lipinski definition) is 4. The van der Waals surface area contributed by atoms with E-state index in [9.17, 15) is 13.2 Å². The Morgan fingerprint density at radius 1 is 1.08 bits per heavy atom. The second-order valence-corrected chi connectivity index (χ2v) is 9.97. The first kappa shape index (κ1) is 17.5. The van der Waals surface area contributed by atoms with Gasteiger partial charge in [-0.1, -0.05) is 18.9 Å². The zero-order valence-electron chi connectivity index (χ0n) is 14.5. The molecule has 7 heteroatoms. The first-order chi connectivity index (χ1) is 12.5. The molecular weight excluding hydrogens is 368 g/mol. The lowest BCUT2D eigenvalue weighted by Crippen LogP contribution is -2.37. The zero-order chi connectivity index (χ0) is 18.2. The Labute approximate surface area is 158 Å². The van der Waals surface area contributed by atoms with Gasteiger partial charge in [0, 0.05) is 17.1 Å². The smallest absolute Gasteiger partial charge is 0.235 e. The van der Waals surface area contributed by atoms with E-state index < -0.39 is 15.4 Å². The monoisotopic (exact) mass is 390 g/mol. The molecule has 1 saturated carbocycles. The van der Waals surface area contributed by atoms with E-state index in [1.165, 1.54) is 4.31 Å². The minimum absolute atomic E-state index is 0.0407. The third kappa shape index (κ3) is 3.03. The van der Waals surface area contributed by atoms with Crippen molar-refractivity contribution in [1.82, 2.24) is 0 Å². The Morgan fingerprint density at radius 3 is 2.38 bits per heavy atom. The number of amides is 1. The van der Waals surface area contributed by atoms with Gasteiger partial charge in [-0.2, -0.15) is 0 Å². The van der Waals surface area contributed by atoms with Crippen molar-refractivity contribution in [3.8, 4) is 0 Å². The Kier molecular flexibility index (Phi) is 4.52. The molecule has 4 rings (SSSR count). The zero-order valence-corrected chi connectivity index (χ0v) is 16.1. The minimum Gasteiger partial charge on any atom is -0.325 e. The molecule has 1 saturated heterocycles. The lowest BCUT2D eigenvalue weighted by atomic mass is 9.83. The maximum absolute atomic E-state index is 13.1. The Hall–Kier alpha value is -1.86. The van der Waals surface area contributed by atoms with Gasteiger partial charge in [-0.25, -0.2) is 8.42 Å². The van der Waals surface area contributed by atoms with Crippen molar-refractivity contribution < 1.29 is 13.2 Å². The molecule has 2 fully saturated rings. The fraction of sp³-hybridized carbons (Fsp3) is 0.421. The first-order valence-electron chi connectivity index (χ1n) is 8.97. The second-order valence-electron chi connectivity index (χ2n) is 7.01. The molecule has 0 bridgehead atoms. The number of nitrogens with one attached hydrogen (secondary N) is 1. The van der Waals surface area contributed by atoms with E-state index in [1.54, 1.807) is 35.6 Å². The molecular formula is C19H22N2O3S2. The number of nitrogens with zero attached hydrogens (tertiary/aromatic N) is 1. The first-order valence-corrected chi connectivity index (χ1v) is 11.5. The predicted octanol–water partition coefficient (Wildman–Crippen LogP) is 3.74. The summed E-state index contributed by atoms with van der Waals surface area (Å²) < 4.78 is 25.5. The summed E-state index contributed by atoms with van der Waals surface area (Å²) in [6.45, 7) is 0.523. The van der Waals surface area contributed by atoms with Crippen molar-refractivity contribution in [1.29, 1.82) is 0 Å². The van der Waals surface area contributed by atoms with Crippen molar-refractivity contribution >= 4 is 38.6 Å². The van der Waals surface area contributed by atoms with Gasteiger partial charge >= 0.3 is 0 Å². The topological polar surface area (TPSA) is 66.5 Å². The number of carbonyl (C=O) groups is 1. The van der Waals surface area contributed by atoms with E-state index in [0.717, 1.165) is 30.6 Å². The molecule has 1 amide bonds.